The summed E-state index contributed by atoms with van der Waals surface area (Å²) in [7, 11) is 0. The zero-order valence-electron chi connectivity index (χ0n) is 11.9. The van der Waals surface area contributed by atoms with Crippen LogP contribution in [0.25, 0.3) is 10.7 Å². The first-order valence-electron chi connectivity index (χ1n) is 6.72. The lowest BCUT2D eigenvalue weighted by molar-refractivity contribution is -0.118. The van der Waals surface area contributed by atoms with E-state index in [1.807, 2.05) is 29.6 Å². The van der Waals surface area contributed by atoms with Crippen LogP contribution >= 0.6 is 34.7 Å². The molecule has 0 saturated carbocycles. The van der Waals surface area contributed by atoms with Crippen molar-refractivity contribution in [3.05, 3.63) is 52.7 Å². The van der Waals surface area contributed by atoms with Crippen LogP contribution in [-0.2, 0) is 11.3 Å². The zero-order chi connectivity index (χ0) is 16.1. The number of nitrogens with zero attached hydrogens (tertiary/aromatic N) is 2. The van der Waals surface area contributed by atoms with Crippen molar-refractivity contribution in [3.8, 4) is 10.7 Å². The molecule has 3 rings (SSSR count). The second-order valence-corrected chi connectivity index (χ2v) is 6.94. The smallest absolute Gasteiger partial charge is 0.246 e. The average molecular weight is 366 g/mol. The highest BCUT2D eigenvalue weighted by Crippen LogP contribution is 2.21. The minimum atomic E-state index is -0.0965. The first-order valence-corrected chi connectivity index (χ1v) is 8.96. The third kappa shape index (κ3) is 4.57. The van der Waals surface area contributed by atoms with Crippen LogP contribution in [-0.4, -0.2) is 21.8 Å². The van der Waals surface area contributed by atoms with Crippen LogP contribution in [0, 0.1) is 0 Å². The molecule has 0 aliphatic carbocycles. The summed E-state index contributed by atoms with van der Waals surface area (Å²) in [5.74, 6) is 1.15. The number of aromatic nitrogens is 2. The summed E-state index contributed by atoms with van der Waals surface area (Å²) in [4.78, 5) is 18.0. The Bertz CT molecular complexity index is 772. The summed E-state index contributed by atoms with van der Waals surface area (Å²) in [6.45, 7) is 0.221. The van der Waals surface area contributed by atoms with Gasteiger partial charge in [-0.25, -0.2) is 0 Å². The molecule has 5 nitrogen and oxygen atoms in total. The zero-order valence-corrected chi connectivity index (χ0v) is 14.2. The Morgan fingerprint density at radius 2 is 2.13 bits per heavy atom. The molecule has 3 aromatic rings. The Labute approximate surface area is 146 Å². The van der Waals surface area contributed by atoms with E-state index in [-0.39, 0.29) is 12.5 Å². The van der Waals surface area contributed by atoms with Crippen molar-refractivity contribution >= 4 is 40.6 Å². The number of rotatable bonds is 6. The Kier molecular flexibility index (Phi) is 5.32. The van der Waals surface area contributed by atoms with Gasteiger partial charge in [-0.2, -0.15) is 4.98 Å². The van der Waals surface area contributed by atoms with Gasteiger partial charge in [-0.05, 0) is 35.7 Å². The van der Waals surface area contributed by atoms with Crippen molar-refractivity contribution in [2.45, 2.75) is 11.4 Å². The van der Waals surface area contributed by atoms with Gasteiger partial charge in [0.25, 0.3) is 0 Å². The van der Waals surface area contributed by atoms with Gasteiger partial charge in [-0.1, -0.05) is 22.8 Å². The fourth-order valence-electron chi connectivity index (χ4n) is 1.74. The molecule has 0 aliphatic heterocycles. The minimum absolute atomic E-state index is 0.0965. The molecule has 0 unspecified atom stereocenters. The lowest BCUT2D eigenvalue weighted by Crippen LogP contribution is -2.24. The molecule has 1 N–H and O–H groups in total. The van der Waals surface area contributed by atoms with Crippen LogP contribution in [0.3, 0.4) is 0 Å². The molecule has 0 bridgehead atoms. The van der Waals surface area contributed by atoms with Gasteiger partial charge in [0.1, 0.15) is 0 Å². The molecule has 0 spiro atoms. The second-order valence-electron chi connectivity index (χ2n) is 4.51. The third-order valence-corrected chi connectivity index (χ3v) is 4.96. The first kappa shape index (κ1) is 16.0. The van der Waals surface area contributed by atoms with E-state index in [9.17, 15) is 4.79 Å². The van der Waals surface area contributed by atoms with Gasteiger partial charge in [-0.3, -0.25) is 4.79 Å². The van der Waals surface area contributed by atoms with Gasteiger partial charge in [0.15, 0.2) is 0 Å². The monoisotopic (exact) mass is 365 g/mol. The fourth-order valence-corrected chi connectivity index (χ4v) is 3.24. The van der Waals surface area contributed by atoms with Crippen molar-refractivity contribution in [2.24, 2.45) is 0 Å². The molecular formula is C15H12ClN3O2S2. The van der Waals surface area contributed by atoms with Crippen LogP contribution < -0.4 is 5.32 Å². The number of thiophene rings is 1. The predicted octanol–water partition coefficient (Wildman–Crippen LogP) is 3.86. The molecule has 2 heterocycles. The topological polar surface area (TPSA) is 68.0 Å². The SMILES string of the molecule is O=C(CSc1ccc(Cl)cc1)NCc1nc(-c2cccs2)no1. The molecule has 23 heavy (non-hydrogen) atoms. The lowest BCUT2D eigenvalue weighted by Gasteiger charge is -2.02. The van der Waals surface area contributed by atoms with E-state index in [1.165, 1.54) is 23.1 Å². The molecule has 118 valence electrons. The fraction of sp³-hybridized carbons (Fsp3) is 0.133. The van der Waals surface area contributed by atoms with Gasteiger partial charge in [0.05, 0.1) is 17.2 Å². The number of carbonyl (C=O) groups is 1. The normalized spacial score (nSPS) is 10.7. The maximum absolute atomic E-state index is 11.8. The molecule has 0 atom stereocenters. The highest BCUT2D eigenvalue weighted by atomic mass is 35.5. The number of carbonyl (C=O) groups excluding carboxylic acids is 1. The van der Waals surface area contributed by atoms with Gasteiger partial charge >= 0.3 is 0 Å². The van der Waals surface area contributed by atoms with E-state index >= 15 is 0 Å². The van der Waals surface area contributed by atoms with Crippen molar-refractivity contribution in [2.75, 3.05) is 5.75 Å². The molecule has 0 fully saturated rings. The number of halogens is 1. The summed E-state index contributed by atoms with van der Waals surface area (Å²) in [5.41, 5.74) is 0. The Hall–Kier alpha value is -1.83. The largest absolute Gasteiger partial charge is 0.346 e. The Balaban J connectivity index is 1.46. The van der Waals surface area contributed by atoms with Crippen LogP contribution in [0.4, 0.5) is 0 Å². The number of amides is 1. The van der Waals surface area contributed by atoms with E-state index in [0.717, 1.165) is 9.77 Å². The number of nitrogens with one attached hydrogen (secondary N) is 1. The number of thioether (sulfide) groups is 1. The minimum Gasteiger partial charge on any atom is -0.346 e. The van der Waals surface area contributed by atoms with Gasteiger partial charge in [-0.15, -0.1) is 23.1 Å². The number of hydrogen-bond acceptors (Lipinski definition) is 6. The van der Waals surface area contributed by atoms with Gasteiger partial charge < -0.3 is 9.84 Å². The van der Waals surface area contributed by atoms with Crippen LogP contribution in [0.1, 0.15) is 5.89 Å². The highest BCUT2D eigenvalue weighted by molar-refractivity contribution is 8.00. The standard InChI is InChI=1S/C15H12ClN3O2S2/c16-10-3-5-11(6-4-10)23-9-13(20)17-8-14-18-15(19-21-14)12-2-1-7-22-12/h1-7H,8-9H2,(H,17,20). The van der Waals surface area contributed by atoms with Crippen LogP contribution in [0.5, 0.6) is 0 Å². The molecular weight excluding hydrogens is 354 g/mol. The molecule has 0 saturated heterocycles. The maximum atomic E-state index is 11.8. The second kappa shape index (κ2) is 7.63. The molecule has 1 amide bonds. The predicted molar refractivity (Wildman–Crippen MR) is 91.6 cm³/mol. The lowest BCUT2D eigenvalue weighted by atomic mass is 10.4. The Morgan fingerprint density at radius 3 is 2.87 bits per heavy atom. The first-order chi connectivity index (χ1) is 11.2. The number of benzene rings is 1. The summed E-state index contributed by atoms with van der Waals surface area (Å²) in [6, 6.07) is 11.2. The van der Waals surface area contributed by atoms with Crippen molar-refractivity contribution in [1.82, 2.24) is 15.5 Å². The Morgan fingerprint density at radius 1 is 1.30 bits per heavy atom. The quantitative estimate of drug-likeness (QED) is 0.672. The van der Waals surface area contributed by atoms with Gasteiger partial charge in [0.2, 0.25) is 17.6 Å². The van der Waals surface area contributed by atoms with Gasteiger partial charge in [0, 0.05) is 9.92 Å². The maximum Gasteiger partial charge on any atom is 0.246 e. The van der Waals surface area contributed by atoms with E-state index < -0.39 is 0 Å². The number of hydrogen-bond donors (Lipinski definition) is 1. The van der Waals surface area contributed by atoms with E-state index in [0.29, 0.717) is 22.5 Å². The summed E-state index contributed by atoms with van der Waals surface area (Å²) >= 11 is 8.80. The summed E-state index contributed by atoms with van der Waals surface area (Å²) < 4.78 is 5.12. The summed E-state index contributed by atoms with van der Waals surface area (Å²) in [6.07, 6.45) is 0. The average Bonchev–Trinajstić information content (AvgIpc) is 3.23. The van der Waals surface area contributed by atoms with Crippen molar-refractivity contribution < 1.29 is 9.32 Å². The van der Waals surface area contributed by atoms with Crippen LogP contribution in [0.2, 0.25) is 5.02 Å². The van der Waals surface area contributed by atoms with Crippen molar-refractivity contribution in [1.29, 1.82) is 0 Å². The molecule has 0 aliphatic rings. The van der Waals surface area contributed by atoms with Crippen LogP contribution in [0.15, 0.2) is 51.2 Å². The highest BCUT2D eigenvalue weighted by Gasteiger charge is 2.10. The van der Waals surface area contributed by atoms with E-state index in [4.69, 9.17) is 16.1 Å². The molecule has 0 radical (unpaired) electrons. The summed E-state index contributed by atoms with van der Waals surface area (Å²) in [5, 5.41) is 9.28. The molecule has 1 aromatic carbocycles. The molecule has 8 heteroatoms. The van der Waals surface area contributed by atoms with Crippen molar-refractivity contribution in [3.63, 3.8) is 0 Å². The molecule has 2 aromatic heterocycles. The van der Waals surface area contributed by atoms with E-state index in [2.05, 4.69) is 15.5 Å². The van der Waals surface area contributed by atoms with E-state index in [1.54, 1.807) is 12.1 Å². The third-order valence-electron chi connectivity index (χ3n) is 2.83.